The van der Waals surface area contributed by atoms with Gasteiger partial charge in [-0.05, 0) is 38.3 Å². The van der Waals surface area contributed by atoms with Crippen molar-refractivity contribution in [2.45, 2.75) is 38.3 Å². The lowest BCUT2D eigenvalue weighted by Gasteiger charge is -2.34. The molecule has 1 aliphatic heterocycles. The van der Waals surface area contributed by atoms with Gasteiger partial charge in [-0.15, -0.1) is 0 Å². The highest BCUT2D eigenvalue weighted by atomic mass is 35.5. The Bertz CT molecular complexity index is 665. The van der Waals surface area contributed by atoms with Gasteiger partial charge >= 0.3 is 5.97 Å². The molecule has 1 fully saturated rings. The highest BCUT2D eigenvalue weighted by Gasteiger charge is 2.34. The summed E-state index contributed by atoms with van der Waals surface area (Å²) in [5.41, 5.74) is 0.164. The number of halogens is 2. The Kier molecular flexibility index (Phi) is 6.07. The van der Waals surface area contributed by atoms with Crippen LogP contribution in [0.1, 0.15) is 36.5 Å². The summed E-state index contributed by atoms with van der Waals surface area (Å²) in [4.78, 5) is 37.4. The monoisotopic (exact) mass is 372 g/mol. The van der Waals surface area contributed by atoms with Crippen LogP contribution in [0.3, 0.4) is 0 Å². The number of rotatable bonds is 4. The summed E-state index contributed by atoms with van der Waals surface area (Å²) >= 11 is 11.9. The standard InChI is InChI=1S/C16H18Cl2N2O4/c1-9(15(22)20-8-3-2-7-12(20)16(23)24)19-14(21)10-5-4-6-11(17)13(10)18/h4-6,9,12H,2-3,7-8H2,1H3,(H,19,21)(H,23,24)/t9-,12-/m1/s1. The first-order chi connectivity index (χ1) is 11.3. The first-order valence-electron chi connectivity index (χ1n) is 7.61. The van der Waals surface area contributed by atoms with Gasteiger partial charge in [0.1, 0.15) is 12.1 Å². The number of carbonyl (C=O) groups excluding carboxylic acids is 2. The molecule has 2 N–H and O–H groups in total. The van der Waals surface area contributed by atoms with Crippen LogP contribution in [-0.4, -0.2) is 46.4 Å². The van der Waals surface area contributed by atoms with Gasteiger partial charge in [0.2, 0.25) is 5.91 Å². The molecule has 0 radical (unpaired) electrons. The lowest BCUT2D eigenvalue weighted by Crippen LogP contribution is -2.54. The molecule has 0 aromatic heterocycles. The van der Waals surface area contributed by atoms with Crippen LogP contribution in [0.15, 0.2) is 18.2 Å². The van der Waals surface area contributed by atoms with Crippen LogP contribution in [0.25, 0.3) is 0 Å². The van der Waals surface area contributed by atoms with E-state index in [-0.39, 0.29) is 15.6 Å². The van der Waals surface area contributed by atoms with Crippen LogP contribution < -0.4 is 5.32 Å². The maximum atomic E-state index is 12.5. The van der Waals surface area contributed by atoms with Crippen molar-refractivity contribution < 1.29 is 19.5 Å². The summed E-state index contributed by atoms with van der Waals surface area (Å²) in [6.07, 6.45) is 1.93. The van der Waals surface area contributed by atoms with E-state index in [0.29, 0.717) is 13.0 Å². The molecule has 1 saturated heterocycles. The van der Waals surface area contributed by atoms with Gasteiger partial charge in [-0.1, -0.05) is 29.3 Å². The van der Waals surface area contributed by atoms with E-state index >= 15 is 0 Å². The molecule has 0 unspecified atom stereocenters. The van der Waals surface area contributed by atoms with Crippen LogP contribution in [0.4, 0.5) is 0 Å². The fourth-order valence-electron chi connectivity index (χ4n) is 2.72. The smallest absolute Gasteiger partial charge is 0.326 e. The first-order valence-corrected chi connectivity index (χ1v) is 8.36. The lowest BCUT2D eigenvalue weighted by atomic mass is 10.0. The van der Waals surface area contributed by atoms with Gasteiger partial charge in [-0.25, -0.2) is 4.79 Å². The summed E-state index contributed by atoms with van der Waals surface area (Å²) in [6, 6.07) is 2.93. The number of aliphatic carboxylic acids is 1. The molecule has 1 aromatic rings. The number of piperidine rings is 1. The van der Waals surface area contributed by atoms with E-state index in [1.165, 1.54) is 17.9 Å². The molecule has 0 aliphatic carbocycles. The number of nitrogens with one attached hydrogen (secondary N) is 1. The van der Waals surface area contributed by atoms with Gasteiger partial charge in [-0.2, -0.15) is 0 Å². The molecule has 130 valence electrons. The summed E-state index contributed by atoms with van der Waals surface area (Å²) in [6.45, 7) is 1.89. The van der Waals surface area contributed by atoms with Crippen molar-refractivity contribution >= 4 is 41.0 Å². The van der Waals surface area contributed by atoms with E-state index in [1.807, 2.05) is 0 Å². The molecule has 1 aliphatic rings. The Labute approximate surface area is 149 Å². The third-order valence-electron chi connectivity index (χ3n) is 3.99. The largest absolute Gasteiger partial charge is 0.480 e. The predicted octanol–water partition coefficient (Wildman–Crippen LogP) is 2.58. The summed E-state index contributed by atoms with van der Waals surface area (Å²) < 4.78 is 0. The van der Waals surface area contributed by atoms with Crippen molar-refractivity contribution in [1.82, 2.24) is 10.2 Å². The number of hydrogen-bond acceptors (Lipinski definition) is 3. The quantitative estimate of drug-likeness (QED) is 0.850. The fraction of sp³-hybridized carbons (Fsp3) is 0.438. The Morgan fingerprint density at radius 2 is 2.00 bits per heavy atom. The van der Waals surface area contributed by atoms with Crippen molar-refractivity contribution in [1.29, 1.82) is 0 Å². The third-order valence-corrected chi connectivity index (χ3v) is 4.80. The molecule has 0 saturated carbocycles. The molecule has 2 rings (SSSR count). The maximum Gasteiger partial charge on any atom is 0.326 e. The zero-order chi connectivity index (χ0) is 17.9. The van der Waals surface area contributed by atoms with E-state index in [9.17, 15) is 19.5 Å². The average molecular weight is 373 g/mol. The molecule has 8 heteroatoms. The van der Waals surface area contributed by atoms with Crippen molar-refractivity contribution in [3.63, 3.8) is 0 Å². The Balaban J connectivity index is 2.09. The molecular formula is C16H18Cl2N2O4. The zero-order valence-corrected chi connectivity index (χ0v) is 14.6. The third kappa shape index (κ3) is 3.99. The van der Waals surface area contributed by atoms with Crippen LogP contribution in [-0.2, 0) is 9.59 Å². The van der Waals surface area contributed by atoms with Crippen LogP contribution in [0.2, 0.25) is 10.0 Å². The summed E-state index contributed by atoms with van der Waals surface area (Å²) in [7, 11) is 0. The van der Waals surface area contributed by atoms with E-state index < -0.39 is 29.9 Å². The second kappa shape index (κ2) is 7.85. The number of likely N-dealkylation sites (tertiary alicyclic amines) is 1. The van der Waals surface area contributed by atoms with E-state index in [2.05, 4.69) is 5.32 Å². The number of carboxylic acids is 1. The van der Waals surface area contributed by atoms with Crippen LogP contribution in [0, 0.1) is 0 Å². The molecule has 6 nitrogen and oxygen atoms in total. The minimum Gasteiger partial charge on any atom is -0.480 e. The van der Waals surface area contributed by atoms with E-state index in [1.54, 1.807) is 12.1 Å². The average Bonchev–Trinajstić information content (AvgIpc) is 2.56. The maximum absolute atomic E-state index is 12.5. The van der Waals surface area contributed by atoms with Crippen molar-refractivity contribution in [3.8, 4) is 0 Å². The van der Waals surface area contributed by atoms with Gasteiger partial charge < -0.3 is 15.3 Å². The predicted molar refractivity (Wildman–Crippen MR) is 90.4 cm³/mol. The van der Waals surface area contributed by atoms with Gasteiger partial charge in [0, 0.05) is 6.54 Å². The summed E-state index contributed by atoms with van der Waals surface area (Å²) in [5, 5.41) is 12.2. The van der Waals surface area contributed by atoms with Crippen LogP contribution >= 0.6 is 23.2 Å². The second-order valence-corrected chi connectivity index (χ2v) is 6.46. The van der Waals surface area contributed by atoms with Crippen molar-refractivity contribution in [3.05, 3.63) is 33.8 Å². The first kappa shape index (κ1) is 18.5. The molecule has 24 heavy (non-hydrogen) atoms. The minimum absolute atomic E-state index is 0.109. The molecule has 2 atom stereocenters. The van der Waals surface area contributed by atoms with Gasteiger partial charge in [0.25, 0.3) is 5.91 Å². The van der Waals surface area contributed by atoms with E-state index in [4.69, 9.17) is 23.2 Å². The highest BCUT2D eigenvalue weighted by Crippen LogP contribution is 2.25. The zero-order valence-electron chi connectivity index (χ0n) is 13.1. The van der Waals surface area contributed by atoms with Crippen LogP contribution in [0.5, 0.6) is 0 Å². The lowest BCUT2D eigenvalue weighted by molar-refractivity contribution is -0.152. The highest BCUT2D eigenvalue weighted by molar-refractivity contribution is 6.43. The fourth-order valence-corrected chi connectivity index (χ4v) is 3.10. The Morgan fingerprint density at radius 1 is 1.29 bits per heavy atom. The summed E-state index contributed by atoms with van der Waals surface area (Å²) in [5.74, 6) is -1.99. The van der Waals surface area contributed by atoms with Gasteiger partial charge in [0.05, 0.1) is 15.6 Å². The van der Waals surface area contributed by atoms with Gasteiger partial charge in [-0.3, -0.25) is 9.59 Å². The molecule has 1 heterocycles. The number of benzene rings is 1. The number of carboxylic acid groups (broad SMARTS) is 1. The Hall–Kier alpha value is -1.79. The Morgan fingerprint density at radius 3 is 2.67 bits per heavy atom. The molecule has 0 spiro atoms. The molecule has 1 aromatic carbocycles. The van der Waals surface area contributed by atoms with E-state index in [0.717, 1.165) is 12.8 Å². The normalized spacial score (nSPS) is 18.8. The molecular weight excluding hydrogens is 355 g/mol. The molecule has 0 bridgehead atoms. The number of carbonyl (C=O) groups is 3. The van der Waals surface area contributed by atoms with Crippen molar-refractivity contribution in [2.24, 2.45) is 0 Å². The number of nitrogens with zero attached hydrogens (tertiary/aromatic N) is 1. The SMILES string of the molecule is C[C@@H](NC(=O)c1cccc(Cl)c1Cl)C(=O)N1CCCC[C@@H]1C(=O)O. The van der Waals surface area contributed by atoms with Gasteiger partial charge in [0.15, 0.2) is 0 Å². The minimum atomic E-state index is -1.03. The number of amides is 2. The number of hydrogen-bond donors (Lipinski definition) is 2. The second-order valence-electron chi connectivity index (χ2n) is 5.68. The molecule has 2 amide bonds. The van der Waals surface area contributed by atoms with Crippen molar-refractivity contribution in [2.75, 3.05) is 6.54 Å². The topological polar surface area (TPSA) is 86.7 Å².